The molecule has 20 heavy (non-hydrogen) atoms. The molecule has 0 saturated heterocycles. The standard InChI is InChI=1S/C14H12ClN3O2/c15-11-3-1-2-4-12(11)18-14(20)13(19)17-9-10-5-7-16-8-6-10/h1-8H,9H2,(H,17,19)(H,18,20). The molecule has 0 bridgehead atoms. The number of hydrogen-bond acceptors (Lipinski definition) is 3. The first-order valence-electron chi connectivity index (χ1n) is 5.89. The lowest BCUT2D eigenvalue weighted by atomic mass is 10.2. The van der Waals surface area contributed by atoms with Gasteiger partial charge in [-0.3, -0.25) is 14.6 Å². The maximum Gasteiger partial charge on any atom is 0.313 e. The minimum atomic E-state index is -0.757. The summed E-state index contributed by atoms with van der Waals surface area (Å²) >= 11 is 5.89. The van der Waals surface area contributed by atoms with E-state index in [0.29, 0.717) is 10.7 Å². The van der Waals surface area contributed by atoms with Crippen molar-refractivity contribution in [3.8, 4) is 0 Å². The second-order valence-corrected chi connectivity index (χ2v) is 4.38. The van der Waals surface area contributed by atoms with Crippen LogP contribution >= 0.6 is 11.6 Å². The van der Waals surface area contributed by atoms with Crippen molar-refractivity contribution >= 4 is 29.1 Å². The van der Waals surface area contributed by atoms with Crippen LogP contribution in [-0.4, -0.2) is 16.8 Å². The molecule has 0 unspecified atom stereocenters. The molecule has 5 nitrogen and oxygen atoms in total. The summed E-state index contributed by atoms with van der Waals surface area (Å²) in [6.45, 7) is 0.261. The average molecular weight is 290 g/mol. The van der Waals surface area contributed by atoms with Gasteiger partial charge in [-0.15, -0.1) is 0 Å². The molecule has 2 amide bonds. The number of pyridine rings is 1. The van der Waals surface area contributed by atoms with E-state index in [4.69, 9.17) is 11.6 Å². The number of aromatic nitrogens is 1. The number of halogens is 1. The van der Waals surface area contributed by atoms with Crippen molar-refractivity contribution in [3.63, 3.8) is 0 Å². The van der Waals surface area contributed by atoms with Crippen molar-refractivity contribution in [2.24, 2.45) is 0 Å². The molecule has 0 radical (unpaired) electrons. The molecule has 0 atom stereocenters. The number of nitrogens with one attached hydrogen (secondary N) is 2. The highest BCUT2D eigenvalue weighted by Crippen LogP contribution is 2.20. The van der Waals surface area contributed by atoms with Gasteiger partial charge in [0.1, 0.15) is 0 Å². The van der Waals surface area contributed by atoms with Crippen molar-refractivity contribution in [3.05, 3.63) is 59.4 Å². The van der Waals surface area contributed by atoms with Gasteiger partial charge in [0.15, 0.2) is 0 Å². The predicted octanol–water partition coefficient (Wildman–Crippen LogP) is 1.99. The first kappa shape index (κ1) is 14.0. The maximum absolute atomic E-state index is 11.7. The van der Waals surface area contributed by atoms with Crippen LogP contribution in [0.4, 0.5) is 5.69 Å². The first-order valence-corrected chi connectivity index (χ1v) is 6.27. The zero-order valence-corrected chi connectivity index (χ0v) is 11.2. The van der Waals surface area contributed by atoms with Gasteiger partial charge in [0, 0.05) is 18.9 Å². The van der Waals surface area contributed by atoms with Crippen molar-refractivity contribution < 1.29 is 9.59 Å². The molecule has 0 fully saturated rings. The summed E-state index contributed by atoms with van der Waals surface area (Å²) in [6.07, 6.45) is 3.23. The zero-order chi connectivity index (χ0) is 14.4. The van der Waals surface area contributed by atoms with E-state index in [-0.39, 0.29) is 6.54 Å². The topological polar surface area (TPSA) is 71.1 Å². The van der Waals surface area contributed by atoms with Crippen LogP contribution in [0.1, 0.15) is 5.56 Å². The summed E-state index contributed by atoms with van der Waals surface area (Å²) in [5.41, 5.74) is 1.26. The highest BCUT2D eigenvalue weighted by Gasteiger charge is 2.14. The molecule has 2 rings (SSSR count). The Bertz CT molecular complexity index is 617. The molecule has 0 aliphatic carbocycles. The van der Waals surface area contributed by atoms with E-state index in [9.17, 15) is 9.59 Å². The lowest BCUT2D eigenvalue weighted by Crippen LogP contribution is -2.35. The molecular formula is C14H12ClN3O2. The molecule has 0 saturated carbocycles. The van der Waals surface area contributed by atoms with Crippen LogP contribution in [0.2, 0.25) is 5.02 Å². The van der Waals surface area contributed by atoms with E-state index >= 15 is 0 Å². The maximum atomic E-state index is 11.7. The van der Waals surface area contributed by atoms with E-state index in [1.165, 1.54) is 0 Å². The Morgan fingerprint density at radius 3 is 2.45 bits per heavy atom. The fourth-order valence-electron chi connectivity index (χ4n) is 1.50. The van der Waals surface area contributed by atoms with Crippen molar-refractivity contribution in [2.45, 2.75) is 6.54 Å². The minimum absolute atomic E-state index is 0.261. The Morgan fingerprint density at radius 1 is 1.05 bits per heavy atom. The third kappa shape index (κ3) is 3.80. The molecule has 2 N–H and O–H groups in total. The van der Waals surface area contributed by atoms with Crippen LogP contribution in [0.5, 0.6) is 0 Å². The third-order valence-electron chi connectivity index (χ3n) is 2.53. The lowest BCUT2D eigenvalue weighted by molar-refractivity contribution is -0.136. The van der Waals surface area contributed by atoms with E-state index in [1.807, 2.05) is 0 Å². The van der Waals surface area contributed by atoms with Gasteiger partial charge in [-0.25, -0.2) is 0 Å². The number of rotatable bonds is 3. The molecule has 2 aromatic rings. The summed E-state index contributed by atoms with van der Waals surface area (Å²) < 4.78 is 0. The van der Waals surface area contributed by atoms with E-state index in [2.05, 4.69) is 15.6 Å². The van der Waals surface area contributed by atoms with Crippen LogP contribution in [0.25, 0.3) is 0 Å². The van der Waals surface area contributed by atoms with Gasteiger partial charge in [-0.2, -0.15) is 0 Å². The molecule has 1 aromatic heterocycles. The first-order chi connectivity index (χ1) is 9.66. The molecule has 1 heterocycles. The summed E-state index contributed by atoms with van der Waals surface area (Å²) in [5, 5.41) is 5.35. The number of nitrogens with zero attached hydrogens (tertiary/aromatic N) is 1. The number of benzene rings is 1. The fraction of sp³-hybridized carbons (Fsp3) is 0.0714. The number of para-hydroxylation sites is 1. The monoisotopic (exact) mass is 289 g/mol. The smallest absolute Gasteiger partial charge is 0.313 e. The summed E-state index contributed by atoms with van der Waals surface area (Å²) in [7, 11) is 0. The molecular weight excluding hydrogens is 278 g/mol. The highest BCUT2D eigenvalue weighted by atomic mass is 35.5. The molecule has 0 aliphatic rings. The Morgan fingerprint density at radius 2 is 1.75 bits per heavy atom. The molecule has 102 valence electrons. The number of carbonyl (C=O) groups excluding carboxylic acids is 2. The quantitative estimate of drug-likeness (QED) is 0.849. The number of anilines is 1. The molecule has 1 aromatic carbocycles. The summed E-state index contributed by atoms with van der Waals surface area (Å²) in [6, 6.07) is 10.2. The second kappa shape index (κ2) is 6.68. The largest absolute Gasteiger partial charge is 0.344 e. The Hall–Kier alpha value is -2.40. The van der Waals surface area contributed by atoms with E-state index < -0.39 is 11.8 Å². The van der Waals surface area contributed by atoms with Crippen LogP contribution in [0.15, 0.2) is 48.8 Å². The summed E-state index contributed by atoms with van der Waals surface area (Å²) in [5.74, 6) is -1.48. The molecule has 6 heteroatoms. The highest BCUT2D eigenvalue weighted by molar-refractivity contribution is 6.41. The Balaban J connectivity index is 1.90. The van der Waals surface area contributed by atoms with Crippen LogP contribution < -0.4 is 10.6 Å². The van der Waals surface area contributed by atoms with Gasteiger partial charge in [0.2, 0.25) is 0 Å². The number of hydrogen-bond donors (Lipinski definition) is 2. The lowest BCUT2D eigenvalue weighted by Gasteiger charge is -2.07. The third-order valence-corrected chi connectivity index (χ3v) is 2.86. The average Bonchev–Trinajstić information content (AvgIpc) is 2.48. The van der Waals surface area contributed by atoms with Crippen molar-refractivity contribution in [2.75, 3.05) is 5.32 Å². The normalized spacial score (nSPS) is 9.85. The number of carbonyl (C=O) groups is 2. The van der Waals surface area contributed by atoms with Crippen LogP contribution in [0, 0.1) is 0 Å². The predicted molar refractivity (Wildman–Crippen MR) is 76.2 cm³/mol. The zero-order valence-electron chi connectivity index (χ0n) is 10.5. The summed E-state index contributed by atoms with van der Waals surface area (Å²) in [4.78, 5) is 27.2. The minimum Gasteiger partial charge on any atom is -0.344 e. The Kier molecular flexibility index (Phi) is 4.68. The van der Waals surface area contributed by atoms with Crippen LogP contribution in [-0.2, 0) is 16.1 Å². The van der Waals surface area contributed by atoms with E-state index in [0.717, 1.165) is 5.56 Å². The SMILES string of the molecule is O=C(NCc1ccncc1)C(=O)Nc1ccccc1Cl. The van der Waals surface area contributed by atoms with Crippen molar-refractivity contribution in [1.82, 2.24) is 10.3 Å². The van der Waals surface area contributed by atoms with Gasteiger partial charge in [0.05, 0.1) is 10.7 Å². The fourth-order valence-corrected chi connectivity index (χ4v) is 1.69. The second-order valence-electron chi connectivity index (χ2n) is 3.97. The van der Waals surface area contributed by atoms with Gasteiger partial charge in [-0.1, -0.05) is 23.7 Å². The van der Waals surface area contributed by atoms with Gasteiger partial charge >= 0.3 is 11.8 Å². The molecule has 0 aliphatic heterocycles. The van der Waals surface area contributed by atoms with Crippen LogP contribution in [0.3, 0.4) is 0 Å². The molecule has 0 spiro atoms. The van der Waals surface area contributed by atoms with Gasteiger partial charge in [0.25, 0.3) is 0 Å². The van der Waals surface area contributed by atoms with Gasteiger partial charge < -0.3 is 10.6 Å². The Labute approximate surface area is 121 Å². The number of amides is 2. The van der Waals surface area contributed by atoms with Gasteiger partial charge in [-0.05, 0) is 29.8 Å². The van der Waals surface area contributed by atoms with Crippen molar-refractivity contribution in [1.29, 1.82) is 0 Å². The van der Waals surface area contributed by atoms with E-state index in [1.54, 1.807) is 48.8 Å².